The van der Waals surface area contributed by atoms with Crippen LogP contribution in [-0.2, 0) is 6.54 Å². The standard InChI is InChI=1S/C9H11Cl2NO/c1-7(13)9-3-2-4-12(9)6-8(11)5-10/h2-5,7,13H,6H2,1H3/b8-5-. The third-order valence-electron chi connectivity index (χ3n) is 1.73. The molecule has 0 amide bonds. The lowest BCUT2D eigenvalue weighted by molar-refractivity contribution is 0.190. The second kappa shape index (κ2) is 4.70. The number of aliphatic hydroxyl groups is 1. The Morgan fingerprint density at radius 1 is 1.77 bits per heavy atom. The maximum absolute atomic E-state index is 9.36. The Kier molecular flexibility index (Phi) is 3.85. The van der Waals surface area contributed by atoms with Gasteiger partial charge in [0.2, 0.25) is 0 Å². The average Bonchev–Trinajstić information content (AvgIpc) is 2.52. The van der Waals surface area contributed by atoms with Crippen LogP contribution in [0.25, 0.3) is 0 Å². The molecule has 1 N–H and O–H groups in total. The van der Waals surface area contributed by atoms with Gasteiger partial charge in [-0.25, -0.2) is 0 Å². The molecule has 0 aromatic carbocycles. The van der Waals surface area contributed by atoms with Gasteiger partial charge < -0.3 is 9.67 Å². The van der Waals surface area contributed by atoms with Crippen LogP contribution in [0.3, 0.4) is 0 Å². The smallest absolute Gasteiger partial charge is 0.0911 e. The molecule has 2 nitrogen and oxygen atoms in total. The van der Waals surface area contributed by atoms with Gasteiger partial charge in [0.05, 0.1) is 12.6 Å². The van der Waals surface area contributed by atoms with E-state index in [0.717, 1.165) is 5.69 Å². The Hall–Kier alpha value is -0.440. The van der Waals surface area contributed by atoms with Crippen molar-refractivity contribution in [1.29, 1.82) is 0 Å². The number of aromatic nitrogens is 1. The zero-order chi connectivity index (χ0) is 9.84. The fourth-order valence-electron chi connectivity index (χ4n) is 1.15. The van der Waals surface area contributed by atoms with E-state index in [9.17, 15) is 5.11 Å². The van der Waals surface area contributed by atoms with Crippen LogP contribution in [0.15, 0.2) is 28.9 Å². The summed E-state index contributed by atoms with van der Waals surface area (Å²) in [4.78, 5) is 0. The van der Waals surface area contributed by atoms with Gasteiger partial charge in [-0.1, -0.05) is 23.2 Å². The molecular formula is C9H11Cl2NO. The molecule has 0 bridgehead atoms. The maximum Gasteiger partial charge on any atom is 0.0911 e. The van der Waals surface area contributed by atoms with E-state index < -0.39 is 6.10 Å². The van der Waals surface area contributed by atoms with Crippen LogP contribution < -0.4 is 0 Å². The van der Waals surface area contributed by atoms with Gasteiger partial charge in [-0.15, -0.1) is 0 Å². The normalized spacial score (nSPS) is 14.6. The molecule has 13 heavy (non-hydrogen) atoms. The van der Waals surface area contributed by atoms with E-state index in [1.54, 1.807) is 6.92 Å². The van der Waals surface area contributed by atoms with E-state index in [1.165, 1.54) is 5.54 Å². The van der Waals surface area contributed by atoms with Crippen LogP contribution in [0.4, 0.5) is 0 Å². The lowest BCUT2D eigenvalue weighted by Crippen LogP contribution is -2.04. The first-order chi connectivity index (χ1) is 6.15. The van der Waals surface area contributed by atoms with Crippen LogP contribution in [0.1, 0.15) is 18.7 Å². The highest BCUT2D eigenvalue weighted by Crippen LogP contribution is 2.16. The molecule has 1 heterocycles. The molecule has 0 saturated carbocycles. The van der Waals surface area contributed by atoms with Crippen LogP contribution in [-0.4, -0.2) is 9.67 Å². The lowest BCUT2D eigenvalue weighted by Gasteiger charge is -2.09. The first-order valence-electron chi connectivity index (χ1n) is 3.93. The Labute approximate surface area is 87.4 Å². The fraction of sp³-hybridized carbons (Fsp3) is 0.333. The first kappa shape index (κ1) is 10.6. The van der Waals surface area contributed by atoms with Crippen molar-refractivity contribution < 1.29 is 5.11 Å². The van der Waals surface area contributed by atoms with Crippen molar-refractivity contribution in [3.63, 3.8) is 0 Å². The summed E-state index contributed by atoms with van der Waals surface area (Å²) in [5, 5.41) is 9.90. The molecule has 4 heteroatoms. The predicted molar refractivity (Wildman–Crippen MR) is 54.9 cm³/mol. The number of halogens is 2. The van der Waals surface area contributed by atoms with Gasteiger partial charge in [0.15, 0.2) is 0 Å². The van der Waals surface area contributed by atoms with Crippen LogP contribution in [0.5, 0.6) is 0 Å². The van der Waals surface area contributed by atoms with Crippen molar-refractivity contribution in [3.8, 4) is 0 Å². The van der Waals surface area contributed by atoms with E-state index in [2.05, 4.69) is 0 Å². The number of hydrogen-bond donors (Lipinski definition) is 1. The molecule has 1 aromatic heterocycles. The van der Waals surface area contributed by atoms with E-state index in [-0.39, 0.29) is 0 Å². The summed E-state index contributed by atoms with van der Waals surface area (Å²) in [5.41, 5.74) is 2.16. The Morgan fingerprint density at radius 2 is 2.46 bits per heavy atom. The van der Waals surface area contributed by atoms with E-state index >= 15 is 0 Å². The largest absolute Gasteiger partial charge is 0.387 e. The van der Waals surface area contributed by atoms with Gasteiger partial charge in [0.1, 0.15) is 0 Å². The number of aliphatic hydroxyl groups excluding tert-OH is 1. The molecule has 0 aliphatic heterocycles. The zero-order valence-corrected chi connectivity index (χ0v) is 8.76. The molecule has 1 aromatic rings. The number of rotatable bonds is 3. The summed E-state index contributed by atoms with van der Waals surface area (Å²) < 4.78 is 1.85. The maximum atomic E-state index is 9.36. The highest BCUT2D eigenvalue weighted by molar-refractivity contribution is 6.36. The number of hydrogen-bond acceptors (Lipinski definition) is 1. The van der Waals surface area contributed by atoms with Gasteiger partial charge in [0, 0.05) is 22.5 Å². The monoisotopic (exact) mass is 219 g/mol. The second-order valence-corrected chi connectivity index (χ2v) is 3.50. The number of allylic oxidation sites excluding steroid dienone is 1. The summed E-state index contributed by atoms with van der Waals surface area (Å²) in [5.74, 6) is 0. The topological polar surface area (TPSA) is 25.2 Å². The van der Waals surface area contributed by atoms with Crippen LogP contribution >= 0.6 is 23.2 Å². The quantitative estimate of drug-likeness (QED) is 0.832. The SMILES string of the molecule is CC(O)c1cccn1C/C(Cl)=C/Cl. The van der Waals surface area contributed by atoms with Crippen molar-refractivity contribution in [3.05, 3.63) is 34.6 Å². The van der Waals surface area contributed by atoms with Gasteiger partial charge in [-0.3, -0.25) is 0 Å². The summed E-state index contributed by atoms with van der Waals surface area (Å²) >= 11 is 11.2. The van der Waals surface area contributed by atoms with Crippen molar-refractivity contribution in [2.24, 2.45) is 0 Å². The minimum absolute atomic E-state index is 0.491. The molecule has 1 unspecified atom stereocenters. The Bertz CT molecular complexity index is 304. The van der Waals surface area contributed by atoms with Crippen molar-refractivity contribution in [2.45, 2.75) is 19.6 Å². The first-order valence-corrected chi connectivity index (χ1v) is 4.74. The second-order valence-electron chi connectivity index (χ2n) is 2.79. The lowest BCUT2D eigenvalue weighted by atomic mass is 10.3. The van der Waals surface area contributed by atoms with Gasteiger partial charge in [-0.2, -0.15) is 0 Å². The minimum atomic E-state index is -0.491. The summed E-state index contributed by atoms with van der Waals surface area (Å²) in [7, 11) is 0. The zero-order valence-electron chi connectivity index (χ0n) is 7.24. The summed E-state index contributed by atoms with van der Waals surface area (Å²) in [6, 6.07) is 3.71. The molecule has 72 valence electrons. The van der Waals surface area contributed by atoms with Crippen molar-refractivity contribution in [2.75, 3.05) is 0 Å². The van der Waals surface area contributed by atoms with Gasteiger partial charge in [0.25, 0.3) is 0 Å². The molecule has 0 spiro atoms. The average molecular weight is 220 g/mol. The predicted octanol–water partition coefficient (Wildman–Crippen LogP) is 2.86. The van der Waals surface area contributed by atoms with Crippen LogP contribution in [0, 0.1) is 0 Å². The molecule has 0 radical (unpaired) electrons. The minimum Gasteiger partial charge on any atom is -0.387 e. The van der Waals surface area contributed by atoms with Crippen LogP contribution in [0.2, 0.25) is 0 Å². The van der Waals surface area contributed by atoms with Crippen molar-refractivity contribution in [1.82, 2.24) is 4.57 Å². The fourth-order valence-corrected chi connectivity index (χ4v) is 1.35. The highest BCUT2D eigenvalue weighted by atomic mass is 35.5. The van der Waals surface area contributed by atoms with E-state index in [4.69, 9.17) is 23.2 Å². The Morgan fingerprint density at radius 3 is 3.00 bits per heavy atom. The van der Waals surface area contributed by atoms with Gasteiger partial charge in [-0.05, 0) is 19.1 Å². The third kappa shape index (κ3) is 2.76. The van der Waals surface area contributed by atoms with E-state index in [1.807, 2.05) is 22.9 Å². The van der Waals surface area contributed by atoms with Gasteiger partial charge >= 0.3 is 0 Å². The molecule has 1 rings (SSSR count). The number of nitrogens with zero attached hydrogens (tertiary/aromatic N) is 1. The molecular weight excluding hydrogens is 209 g/mol. The summed E-state index contributed by atoms with van der Waals surface area (Å²) in [6.07, 6.45) is 1.36. The van der Waals surface area contributed by atoms with E-state index in [0.29, 0.717) is 11.6 Å². The molecule has 0 aliphatic carbocycles. The summed E-state index contributed by atoms with van der Waals surface area (Å²) in [6.45, 7) is 2.21. The molecule has 0 fully saturated rings. The highest BCUT2D eigenvalue weighted by Gasteiger charge is 2.06. The van der Waals surface area contributed by atoms with Crippen molar-refractivity contribution >= 4 is 23.2 Å². The molecule has 0 aliphatic rings. The molecule has 1 atom stereocenters. The Balaban J connectivity index is 2.82. The third-order valence-corrected chi connectivity index (χ3v) is 2.34. The molecule has 0 saturated heterocycles.